The highest BCUT2D eigenvalue weighted by atomic mass is 79.9. The van der Waals surface area contributed by atoms with Crippen molar-refractivity contribution in [3.05, 3.63) is 159 Å². The molecule has 3 aromatic heterocycles. The van der Waals surface area contributed by atoms with E-state index in [-0.39, 0.29) is 74.9 Å². The molecule has 0 saturated carbocycles. The molecule has 26 nitrogen and oxygen atoms in total. The molecule has 3 saturated heterocycles. The molecule has 28 heteroatoms. The van der Waals surface area contributed by atoms with Gasteiger partial charge in [0.15, 0.2) is 0 Å². The number of nitrogens with two attached hydrogens (primary N) is 1. The average Bonchev–Trinajstić information content (AvgIpc) is 1.72. The first-order chi connectivity index (χ1) is 43.0. The van der Waals surface area contributed by atoms with Gasteiger partial charge >= 0.3 is 6.09 Å². The number of hydrogen-bond acceptors (Lipinski definition) is 20. The lowest BCUT2D eigenvalue weighted by Crippen LogP contribution is -2.57. The van der Waals surface area contributed by atoms with E-state index in [2.05, 4.69) is 83.0 Å². The maximum Gasteiger partial charge on any atom is 0.424 e. The SMILES string of the molecule is BrCc1cnc(CBr)cn1.CC(C)(C)OC(=O)N1C(=O)CCC(N2Cc3c(N)cccc3C2=O)C1=O.Cc1cnc(C)cn1.O=C1CCC(N2Cc3c(NCc4cnc(CNc5cccc6c5CN(C5CCC(=O)NC5=O)C6=O)cn4)cccc3C2=O)C(=O)N1. The number of likely N-dealkylation sites (tertiary alicyclic amines) is 1. The van der Waals surface area contributed by atoms with Crippen molar-refractivity contribution in [2.45, 2.75) is 140 Å². The van der Waals surface area contributed by atoms with Crippen LogP contribution in [-0.4, -0.2) is 132 Å². The molecule has 12 rings (SSSR count). The zero-order valence-corrected chi connectivity index (χ0v) is 53.1. The quantitative estimate of drug-likeness (QED) is 0.0543. The lowest BCUT2D eigenvalue weighted by atomic mass is 10.0. The largest absolute Gasteiger partial charge is 0.443 e. The number of ether oxygens (including phenoxy) is 1. The zero-order valence-electron chi connectivity index (χ0n) is 49.9. The number of aromatic nitrogens is 6. The van der Waals surface area contributed by atoms with E-state index in [1.807, 2.05) is 26.0 Å². The van der Waals surface area contributed by atoms with Crippen molar-refractivity contribution in [2.75, 3.05) is 16.4 Å². The van der Waals surface area contributed by atoms with E-state index in [1.54, 1.807) is 100 Å². The van der Waals surface area contributed by atoms with Crippen LogP contribution in [0.15, 0.2) is 91.8 Å². The number of alkyl halides is 2. The molecule has 10 amide bonds. The minimum absolute atomic E-state index is 0.0226. The van der Waals surface area contributed by atoms with Gasteiger partial charge in [0.25, 0.3) is 23.6 Å². The fourth-order valence-electron chi connectivity index (χ4n) is 10.6. The maximum absolute atomic E-state index is 13.1. The van der Waals surface area contributed by atoms with E-state index in [1.165, 1.54) is 14.7 Å². The molecule has 9 heterocycles. The number of rotatable bonds is 11. The molecule has 0 aliphatic carbocycles. The number of carbonyl (C=O) groups excluding carboxylic acids is 10. The first kappa shape index (κ1) is 65.0. The number of anilines is 3. The molecule has 6 aromatic rings. The van der Waals surface area contributed by atoms with Crippen molar-refractivity contribution < 1.29 is 52.7 Å². The summed E-state index contributed by atoms with van der Waals surface area (Å²) >= 11 is 6.58. The van der Waals surface area contributed by atoms with Gasteiger partial charge in [-0.1, -0.05) is 50.1 Å². The van der Waals surface area contributed by atoms with E-state index in [0.29, 0.717) is 70.2 Å². The van der Waals surface area contributed by atoms with E-state index >= 15 is 0 Å². The van der Waals surface area contributed by atoms with Crippen molar-refractivity contribution in [1.29, 1.82) is 0 Å². The van der Waals surface area contributed by atoms with Crippen molar-refractivity contribution in [2.24, 2.45) is 0 Å². The molecule has 6 aliphatic heterocycles. The Kier molecular flexibility index (Phi) is 20.5. The predicted octanol–water partition coefficient (Wildman–Crippen LogP) is 6.26. The summed E-state index contributed by atoms with van der Waals surface area (Å²) in [6.07, 6.45) is 10.5. The molecule has 0 radical (unpaired) electrons. The monoisotopic (exact) mass is 1350 g/mol. The number of benzene rings is 3. The minimum atomic E-state index is -1.01. The second kappa shape index (κ2) is 28.4. The standard InChI is InChI=1S/C32H30N8O6.C18H21N3O5.C6H6Br2N2.C6H8N2/c41-27-9-7-25(29(43)37-27)39-15-21-19(31(39)45)3-1-5-23(21)35-13-17-11-34-18(12-33-17)14-36-24-6-2-4-20-22(24)16-40(32(20)46)26-8-10-28(42)38-30(26)44;1-18(2,3)26-17(25)21-14(22)8-7-13(16(21)24)20-9-11-10(15(20)23)5-4-6-12(11)19;7-1-5-3-10-6(2-8)4-9-5;1-5-3-8-6(2)4-7-5/h1-6,11-12,25-26,35-36H,7-10,13-16H2,(H,37,41,43)(H,38,42,44);4-6,13H,7-9,19H2,1-3H3;3-4H,1-2H2;3-4H,1-2H3. The lowest BCUT2D eigenvalue weighted by molar-refractivity contribution is -0.150. The molecule has 468 valence electrons. The van der Waals surface area contributed by atoms with Gasteiger partial charge in [-0.15, -0.1) is 0 Å². The summed E-state index contributed by atoms with van der Waals surface area (Å²) in [5.74, 6) is -3.71. The number of nitrogens with zero attached hydrogens (tertiary/aromatic N) is 10. The van der Waals surface area contributed by atoms with Gasteiger partial charge in [0.05, 0.1) is 59.6 Å². The fraction of sp³-hybridized carbons (Fsp3) is 0.355. The molecule has 0 spiro atoms. The third-order valence-electron chi connectivity index (χ3n) is 15.2. The number of carbonyl (C=O) groups is 10. The predicted molar refractivity (Wildman–Crippen MR) is 332 cm³/mol. The number of aryl methyl sites for hydroxylation is 2. The molecule has 0 bridgehead atoms. The van der Waals surface area contributed by atoms with Gasteiger partial charge in [-0.25, -0.2) is 4.79 Å². The molecular formula is C62H65Br2N15O11. The van der Waals surface area contributed by atoms with Crippen LogP contribution in [0.5, 0.6) is 0 Å². The minimum Gasteiger partial charge on any atom is -0.443 e. The molecule has 3 unspecified atom stereocenters. The second-order valence-corrected chi connectivity index (χ2v) is 23.8. The summed E-state index contributed by atoms with van der Waals surface area (Å²) in [7, 11) is 0. The van der Waals surface area contributed by atoms with Crippen LogP contribution in [0.4, 0.5) is 21.9 Å². The summed E-state index contributed by atoms with van der Waals surface area (Å²) in [6.45, 7) is 10.2. The van der Waals surface area contributed by atoms with E-state index in [9.17, 15) is 47.9 Å². The van der Waals surface area contributed by atoms with Gasteiger partial charge in [-0.2, -0.15) is 4.90 Å². The smallest absolute Gasteiger partial charge is 0.424 e. The number of imide groups is 5. The molecule has 3 fully saturated rings. The van der Waals surface area contributed by atoms with Crippen LogP contribution in [0, 0.1) is 13.8 Å². The molecule has 90 heavy (non-hydrogen) atoms. The van der Waals surface area contributed by atoms with Gasteiger partial charge in [-0.05, 0) is 90.3 Å². The van der Waals surface area contributed by atoms with Gasteiger partial charge in [-0.3, -0.25) is 83.7 Å². The Morgan fingerprint density at radius 1 is 0.556 bits per heavy atom. The Bertz CT molecular complexity index is 3620. The van der Waals surface area contributed by atoms with Gasteiger partial charge in [0.2, 0.25) is 29.5 Å². The Morgan fingerprint density at radius 2 is 0.956 bits per heavy atom. The van der Waals surface area contributed by atoms with E-state index < -0.39 is 53.4 Å². The number of nitrogens with one attached hydrogen (secondary N) is 4. The topological polar surface area (TPSA) is 344 Å². The van der Waals surface area contributed by atoms with Crippen LogP contribution < -0.4 is 27.0 Å². The number of hydrogen-bond donors (Lipinski definition) is 5. The van der Waals surface area contributed by atoms with Crippen LogP contribution >= 0.6 is 31.9 Å². The number of halogens is 2. The molecule has 6 aliphatic rings. The highest BCUT2D eigenvalue weighted by Crippen LogP contribution is 2.36. The van der Waals surface area contributed by atoms with E-state index in [0.717, 1.165) is 55.9 Å². The van der Waals surface area contributed by atoms with Crippen LogP contribution in [0.2, 0.25) is 0 Å². The summed E-state index contributed by atoms with van der Waals surface area (Å²) < 4.78 is 5.16. The third kappa shape index (κ3) is 15.2. The third-order valence-corrected chi connectivity index (χ3v) is 16.3. The van der Waals surface area contributed by atoms with Crippen molar-refractivity contribution in [1.82, 2.24) is 60.1 Å². The Balaban J connectivity index is 0.000000181. The van der Waals surface area contributed by atoms with E-state index in [4.69, 9.17) is 10.5 Å². The Morgan fingerprint density at radius 3 is 1.36 bits per heavy atom. The Labute approximate surface area is 534 Å². The van der Waals surface area contributed by atoms with Gasteiger partial charge < -0.3 is 35.8 Å². The summed E-state index contributed by atoms with van der Waals surface area (Å²) in [4.78, 5) is 154. The van der Waals surface area contributed by atoms with Crippen LogP contribution in [-0.2, 0) is 76.9 Å². The Hall–Kier alpha value is -9.44. The zero-order chi connectivity index (χ0) is 64.6. The first-order valence-electron chi connectivity index (χ1n) is 28.8. The number of amides is 10. The lowest BCUT2D eigenvalue weighted by Gasteiger charge is -2.35. The van der Waals surface area contributed by atoms with Crippen LogP contribution in [0.25, 0.3) is 0 Å². The van der Waals surface area contributed by atoms with Crippen LogP contribution in [0.1, 0.15) is 141 Å². The normalized spacial score (nSPS) is 18.4. The molecule has 6 N–H and O–H groups in total. The van der Waals surface area contributed by atoms with Crippen LogP contribution in [0.3, 0.4) is 0 Å². The van der Waals surface area contributed by atoms with Crippen molar-refractivity contribution in [3.8, 4) is 0 Å². The van der Waals surface area contributed by atoms with Crippen molar-refractivity contribution >= 4 is 108 Å². The average molecular weight is 1360 g/mol. The molecule has 3 aromatic carbocycles. The number of piperidine rings is 3. The molecule has 3 atom stereocenters. The number of fused-ring (bicyclic) bond motifs is 3. The van der Waals surface area contributed by atoms with Gasteiger partial charge in [0, 0.05) is 125 Å². The highest BCUT2D eigenvalue weighted by molar-refractivity contribution is 9.08. The fourth-order valence-corrected chi connectivity index (χ4v) is 11.2. The second-order valence-electron chi connectivity index (χ2n) is 22.6. The molecular weight excluding hydrogens is 1290 g/mol. The summed E-state index contributed by atoms with van der Waals surface area (Å²) in [6, 6.07) is 13.5. The summed E-state index contributed by atoms with van der Waals surface area (Å²) in [5, 5.41) is 12.8. The van der Waals surface area contributed by atoms with Gasteiger partial charge in [0.1, 0.15) is 23.7 Å². The number of nitrogen functional groups attached to an aromatic ring is 1. The van der Waals surface area contributed by atoms with Crippen molar-refractivity contribution in [3.63, 3.8) is 0 Å². The highest BCUT2D eigenvalue weighted by Gasteiger charge is 2.47. The first-order valence-corrected chi connectivity index (χ1v) is 31.0. The maximum atomic E-state index is 13.1. The summed E-state index contributed by atoms with van der Waals surface area (Å²) in [5.41, 5.74) is 16.0.